The maximum absolute atomic E-state index is 12.3. The molecule has 1 unspecified atom stereocenters. The molecule has 192 valence electrons. The Morgan fingerprint density at radius 3 is 1.89 bits per heavy atom. The van der Waals surface area contributed by atoms with E-state index in [9.17, 15) is 9.59 Å². The highest BCUT2D eigenvalue weighted by Crippen LogP contribution is 2.07. The number of benzene rings is 2. The molecule has 1 atom stereocenters. The van der Waals surface area contributed by atoms with Crippen LogP contribution in [0.3, 0.4) is 0 Å². The Balaban J connectivity index is 1.61. The Kier molecular flexibility index (Phi) is 13.0. The molecule has 2 aromatic rings. The van der Waals surface area contributed by atoms with Crippen LogP contribution in [0.4, 0.5) is 0 Å². The molecular formula is C28H40NO6+. The zero-order chi connectivity index (χ0) is 25.4. The largest absolute Gasteiger partial charge is 0.461 e. The van der Waals surface area contributed by atoms with E-state index >= 15 is 0 Å². The third-order valence-corrected chi connectivity index (χ3v) is 5.07. The minimum atomic E-state index is -0.505. The van der Waals surface area contributed by atoms with Gasteiger partial charge in [0, 0.05) is 13.0 Å². The van der Waals surface area contributed by atoms with E-state index in [1.54, 1.807) is 0 Å². The minimum Gasteiger partial charge on any atom is -0.461 e. The molecule has 0 aromatic heterocycles. The van der Waals surface area contributed by atoms with Crippen molar-refractivity contribution in [3.8, 4) is 0 Å². The lowest BCUT2D eigenvalue weighted by Gasteiger charge is -2.28. The predicted octanol–water partition coefficient (Wildman–Crippen LogP) is 4.14. The van der Waals surface area contributed by atoms with Gasteiger partial charge in [0.15, 0.2) is 6.10 Å². The Labute approximate surface area is 209 Å². The molecular weight excluding hydrogens is 446 g/mol. The number of hydrogen-bond donors (Lipinski definition) is 0. The van der Waals surface area contributed by atoms with Crippen LogP contribution >= 0.6 is 0 Å². The van der Waals surface area contributed by atoms with E-state index in [0.717, 1.165) is 17.5 Å². The van der Waals surface area contributed by atoms with Crippen LogP contribution in [0.1, 0.15) is 36.8 Å². The first-order valence-corrected chi connectivity index (χ1v) is 12.2. The number of carbonyl (C=O) groups is 2. The van der Waals surface area contributed by atoms with Crippen LogP contribution in [0.25, 0.3) is 0 Å². The molecule has 0 fully saturated rings. The molecule has 2 aromatic carbocycles. The van der Waals surface area contributed by atoms with Gasteiger partial charge in [-0.25, -0.2) is 0 Å². The van der Waals surface area contributed by atoms with E-state index in [4.69, 9.17) is 18.9 Å². The zero-order valence-electron chi connectivity index (χ0n) is 21.3. The molecule has 0 bridgehead atoms. The highest BCUT2D eigenvalue weighted by atomic mass is 16.6. The molecule has 2 rings (SSSR count). The molecule has 0 spiro atoms. The summed E-state index contributed by atoms with van der Waals surface area (Å²) < 4.78 is 22.8. The number of rotatable bonds is 17. The number of esters is 2. The van der Waals surface area contributed by atoms with Gasteiger partial charge < -0.3 is 23.4 Å². The number of carbonyl (C=O) groups excluding carboxylic acids is 2. The summed E-state index contributed by atoms with van der Waals surface area (Å²) in [5.74, 6) is -0.648. The van der Waals surface area contributed by atoms with Crippen molar-refractivity contribution in [3.63, 3.8) is 0 Å². The molecule has 0 saturated carbocycles. The summed E-state index contributed by atoms with van der Waals surface area (Å²) in [6, 6.07) is 19.8. The lowest BCUT2D eigenvalue weighted by atomic mass is 10.2. The highest BCUT2D eigenvalue weighted by molar-refractivity contribution is 5.70. The molecule has 0 saturated heterocycles. The molecule has 7 heteroatoms. The van der Waals surface area contributed by atoms with E-state index in [2.05, 4.69) is 0 Å². The maximum Gasteiger partial charge on any atom is 0.308 e. The fourth-order valence-corrected chi connectivity index (χ4v) is 3.40. The summed E-state index contributed by atoms with van der Waals surface area (Å²) in [6.07, 6.45) is 1.42. The van der Waals surface area contributed by atoms with Crippen LogP contribution in [-0.4, -0.2) is 70.0 Å². The Hall–Kier alpha value is -2.74. The summed E-state index contributed by atoms with van der Waals surface area (Å²) in [5.41, 5.74) is 2.19. The fraction of sp³-hybridized carbons (Fsp3) is 0.500. The second-order valence-electron chi connectivity index (χ2n) is 9.55. The number of quaternary nitrogens is 1. The normalized spacial score (nSPS) is 12.2. The number of unbranched alkanes of at least 4 members (excludes halogenated alkanes) is 1. The van der Waals surface area contributed by atoms with Gasteiger partial charge in [-0.3, -0.25) is 9.59 Å². The molecule has 0 amide bonds. The monoisotopic (exact) mass is 486 g/mol. The van der Waals surface area contributed by atoms with Gasteiger partial charge in [0.1, 0.15) is 13.2 Å². The second-order valence-corrected chi connectivity index (χ2v) is 9.55. The van der Waals surface area contributed by atoms with E-state index in [1.807, 2.05) is 81.8 Å². The van der Waals surface area contributed by atoms with Gasteiger partial charge in [0.25, 0.3) is 0 Å². The van der Waals surface area contributed by atoms with Crippen LogP contribution in [0, 0.1) is 0 Å². The molecule has 0 radical (unpaired) electrons. The molecule has 0 aliphatic heterocycles. The van der Waals surface area contributed by atoms with Gasteiger partial charge in [-0.2, -0.15) is 0 Å². The minimum absolute atomic E-state index is 0.0511. The summed E-state index contributed by atoms with van der Waals surface area (Å²) >= 11 is 0. The first-order valence-electron chi connectivity index (χ1n) is 12.2. The van der Waals surface area contributed by atoms with Gasteiger partial charge in [0.05, 0.1) is 47.4 Å². The maximum atomic E-state index is 12.3. The van der Waals surface area contributed by atoms with Crippen molar-refractivity contribution in [2.24, 2.45) is 0 Å². The Morgan fingerprint density at radius 2 is 1.31 bits per heavy atom. The van der Waals surface area contributed by atoms with E-state index in [0.29, 0.717) is 43.7 Å². The lowest BCUT2D eigenvalue weighted by molar-refractivity contribution is -0.873. The van der Waals surface area contributed by atoms with Gasteiger partial charge >= 0.3 is 11.9 Å². The standard InChI is InChI=1S/C28H40NO6/c1-29(2,3)20-26(35-28(31)17-19-33-22-25-14-8-5-9-15-25)23-34-27(30)16-10-11-18-32-21-24-12-6-4-7-13-24/h4-9,12-15,26H,10-11,16-23H2,1-3H3/q+1. The summed E-state index contributed by atoms with van der Waals surface area (Å²) in [4.78, 5) is 24.5. The fourth-order valence-electron chi connectivity index (χ4n) is 3.40. The van der Waals surface area contributed by atoms with Crippen LogP contribution in [0.2, 0.25) is 0 Å². The summed E-state index contributed by atoms with van der Waals surface area (Å²) in [7, 11) is 6.00. The highest BCUT2D eigenvalue weighted by Gasteiger charge is 2.23. The van der Waals surface area contributed by atoms with Crippen molar-refractivity contribution in [1.29, 1.82) is 0 Å². The van der Waals surface area contributed by atoms with Crippen molar-refractivity contribution in [2.45, 2.75) is 45.0 Å². The van der Waals surface area contributed by atoms with Gasteiger partial charge in [-0.1, -0.05) is 60.7 Å². The van der Waals surface area contributed by atoms with Gasteiger partial charge in [0.2, 0.25) is 0 Å². The number of nitrogens with zero attached hydrogens (tertiary/aromatic N) is 1. The van der Waals surface area contributed by atoms with Crippen molar-refractivity contribution in [3.05, 3.63) is 71.8 Å². The second kappa shape index (κ2) is 16.0. The van der Waals surface area contributed by atoms with Crippen molar-refractivity contribution < 1.29 is 33.0 Å². The zero-order valence-corrected chi connectivity index (χ0v) is 21.3. The van der Waals surface area contributed by atoms with E-state index in [-0.39, 0.29) is 31.6 Å². The van der Waals surface area contributed by atoms with Crippen molar-refractivity contribution >= 4 is 11.9 Å². The van der Waals surface area contributed by atoms with Crippen LogP contribution < -0.4 is 0 Å². The third-order valence-electron chi connectivity index (χ3n) is 5.07. The topological polar surface area (TPSA) is 71.1 Å². The molecule has 0 aliphatic carbocycles. The van der Waals surface area contributed by atoms with Crippen LogP contribution in [0.5, 0.6) is 0 Å². The molecule has 0 aliphatic rings. The lowest BCUT2D eigenvalue weighted by Crippen LogP contribution is -2.45. The summed E-state index contributed by atoms with van der Waals surface area (Å²) in [5, 5.41) is 0. The SMILES string of the molecule is C[N+](C)(C)CC(COC(=O)CCCCOCc1ccccc1)OC(=O)CCOCc1ccccc1. The first kappa shape index (κ1) is 28.5. The van der Waals surface area contributed by atoms with Gasteiger partial charge in [-0.05, 0) is 24.0 Å². The van der Waals surface area contributed by atoms with Crippen LogP contribution in [0.15, 0.2) is 60.7 Å². The predicted molar refractivity (Wildman–Crippen MR) is 134 cm³/mol. The Morgan fingerprint density at radius 1 is 0.743 bits per heavy atom. The number of likely N-dealkylation sites (N-methyl/N-ethyl adjacent to an activating group) is 1. The van der Waals surface area contributed by atoms with E-state index < -0.39 is 6.10 Å². The van der Waals surface area contributed by atoms with Crippen molar-refractivity contribution in [2.75, 3.05) is 47.5 Å². The summed E-state index contributed by atoms with van der Waals surface area (Å²) in [6.45, 7) is 2.48. The Bertz CT molecular complexity index is 851. The van der Waals surface area contributed by atoms with Crippen LogP contribution in [-0.2, 0) is 41.8 Å². The average molecular weight is 487 g/mol. The van der Waals surface area contributed by atoms with Gasteiger partial charge in [-0.15, -0.1) is 0 Å². The molecule has 0 heterocycles. The third kappa shape index (κ3) is 14.3. The molecule has 0 N–H and O–H groups in total. The molecule has 7 nitrogen and oxygen atoms in total. The average Bonchev–Trinajstić information content (AvgIpc) is 2.83. The number of ether oxygens (including phenoxy) is 4. The quantitative estimate of drug-likeness (QED) is 0.190. The smallest absolute Gasteiger partial charge is 0.308 e. The van der Waals surface area contributed by atoms with Crippen molar-refractivity contribution in [1.82, 2.24) is 0 Å². The van der Waals surface area contributed by atoms with E-state index in [1.165, 1.54) is 0 Å². The molecule has 35 heavy (non-hydrogen) atoms. The first-order chi connectivity index (χ1) is 16.8. The number of hydrogen-bond acceptors (Lipinski definition) is 6.